The van der Waals surface area contributed by atoms with E-state index in [9.17, 15) is 5.11 Å². The largest absolute Gasteiger partial charge is 0.228 e. The highest BCUT2D eigenvalue weighted by atomic mass is 16.3. The van der Waals surface area contributed by atoms with Crippen LogP contribution in [0.1, 0.15) is 35.6 Å². The Kier molecular flexibility index (Phi) is 3.95. The molecule has 119 valence electrons. The smallest absolute Gasteiger partial charge is 0.118 e. The van der Waals surface area contributed by atoms with E-state index in [1.54, 1.807) is 0 Å². The Morgan fingerprint density at radius 1 is 0.750 bits per heavy atom. The van der Waals surface area contributed by atoms with E-state index in [1.807, 2.05) is 30.3 Å². The van der Waals surface area contributed by atoms with E-state index in [4.69, 9.17) is 0 Å². The fourth-order valence-corrected chi connectivity index (χ4v) is 4.02. The van der Waals surface area contributed by atoms with Gasteiger partial charge >= 0.3 is 0 Å². The van der Waals surface area contributed by atoms with Crippen molar-refractivity contribution in [1.29, 1.82) is 0 Å². The zero-order valence-electron chi connectivity index (χ0n) is 13.6. The molecule has 2 atom stereocenters. The van der Waals surface area contributed by atoms with Gasteiger partial charge in [0.1, 0.15) is 6.10 Å². The Bertz CT molecular complexity index is 741. The van der Waals surface area contributed by atoms with Crippen LogP contribution in [0, 0.1) is 5.92 Å². The van der Waals surface area contributed by atoms with Crippen LogP contribution in [0.4, 0.5) is 0 Å². The topological polar surface area (TPSA) is 19.9 Å². The molecule has 1 aliphatic rings. The predicted octanol–water partition coefficient (Wildman–Crippen LogP) is 5.55. The summed E-state index contributed by atoms with van der Waals surface area (Å²) in [5.74, 6) is 0.407. The van der Waals surface area contributed by atoms with Crippen molar-refractivity contribution >= 4 is 0 Å². The normalized spacial score (nSPS) is 19.6. The van der Waals surface area contributed by atoms with Crippen LogP contribution < -0.4 is 0 Å². The van der Waals surface area contributed by atoms with Crippen LogP contribution in [0.5, 0.6) is 0 Å². The fourth-order valence-electron chi connectivity index (χ4n) is 4.02. The van der Waals surface area contributed by atoms with E-state index in [0.717, 1.165) is 12.0 Å². The van der Waals surface area contributed by atoms with Crippen LogP contribution in [0.15, 0.2) is 91.0 Å². The zero-order chi connectivity index (χ0) is 16.4. The minimum Gasteiger partial charge on any atom is -0.228 e. The minimum absolute atomic E-state index is 0.0138. The lowest BCUT2D eigenvalue weighted by atomic mass is 9.84. The molecule has 1 radical (unpaired) electrons. The van der Waals surface area contributed by atoms with E-state index in [1.165, 1.54) is 11.1 Å². The van der Waals surface area contributed by atoms with Gasteiger partial charge in [-0.15, -0.1) is 0 Å². The minimum atomic E-state index is -0.648. The molecule has 0 N–H and O–H groups in total. The second kappa shape index (κ2) is 6.26. The van der Waals surface area contributed by atoms with Gasteiger partial charge in [-0.2, -0.15) is 0 Å². The van der Waals surface area contributed by atoms with Crippen molar-refractivity contribution in [2.24, 2.45) is 5.92 Å². The molecular formula is C23H21O. The first-order valence-corrected chi connectivity index (χ1v) is 8.62. The fraction of sp³-hybridized carbons (Fsp3) is 0.217. The molecule has 1 aliphatic carbocycles. The second-order valence-corrected chi connectivity index (χ2v) is 6.74. The first kappa shape index (κ1) is 15.2. The van der Waals surface area contributed by atoms with Crippen LogP contribution in [0.2, 0.25) is 0 Å². The van der Waals surface area contributed by atoms with Crippen molar-refractivity contribution in [3.63, 3.8) is 0 Å². The summed E-state index contributed by atoms with van der Waals surface area (Å²) in [5, 5.41) is 12.7. The molecule has 0 spiro atoms. The molecule has 0 aliphatic heterocycles. The number of hydrogen-bond acceptors (Lipinski definition) is 0. The standard InChI is InChI=1S/C23H21O/c24-22(18-10-4-1-5-11-18)16-21-17-23(21,19-12-6-2-7-13-19)20-14-8-3-9-15-20/h1-15,21-22H,16-17H2. The third-order valence-corrected chi connectivity index (χ3v) is 5.35. The average Bonchev–Trinajstić information content (AvgIpc) is 3.39. The first-order chi connectivity index (χ1) is 11.8. The van der Waals surface area contributed by atoms with E-state index in [0.29, 0.717) is 12.3 Å². The molecule has 4 rings (SSSR count). The maximum atomic E-state index is 12.7. The third-order valence-electron chi connectivity index (χ3n) is 5.35. The van der Waals surface area contributed by atoms with Gasteiger partial charge in [-0.3, -0.25) is 0 Å². The van der Waals surface area contributed by atoms with E-state index in [-0.39, 0.29) is 5.41 Å². The molecule has 1 heteroatoms. The quantitative estimate of drug-likeness (QED) is 0.588. The van der Waals surface area contributed by atoms with E-state index in [2.05, 4.69) is 60.7 Å². The molecule has 0 aromatic heterocycles. The van der Waals surface area contributed by atoms with E-state index >= 15 is 0 Å². The monoisotopic (exact) mass is 313 g/mol. The lowest BCUT2D eigenvalue weighted by Gasteiger charge is -2.20. The molecule has 24 heavy (non-hydrogen) atoms. The van der Waals surface area contributed by atoms with Crippen LogP contribution in [-0.4, -0.2) is 0 Å². The highest BCUT2D eigenvalue weighted by Gasteiger charge is 2.56. The van der Waals surface area contributed by atoms with Crippen molar-refractivity contribution in [2.45, 2.75) is 24.4 Å². The molecule has 0 saturated heterocycles. The van der Waals surface area contributed by atoms with Gasteiger partial charge in [-0.05, 0) is 35.4 Å². The summed E-state index contributed by atoms with van der Waals surface area (Å²) in [6.45, 7) is 0. The molecular weight excluding hydrogens is 292 g/mol. The lowest BCUT2D eigenvalue weighted by Crippen LogP contribution is -2.13. The van der Waals surface area contributed by atoms with Gasteiger partial charge in [0.25, 0.3) is 0 Å². The van der Waals surface area contributed by atoms with Gasteiger partial charge in [0.05, 0.1) is 0 Å². The predicted molar refractivity (Wildman–Crippen MR) is 96.3 cm³/mol. The maximum Gasteiger partial charge on any atom is 0.118 e. The highest BCUT2D eigenvalue weighted by Crippen LogP contribution is 2.61. The Morgan fingerprint density at radius 3 is 1.71 bits per heavy atom. The Labute approximate surface area is 143 Å². The summed E-state index contributed by atoms with van der Waals surface area (Å²) in [5.41, 5.74) is 3.59. The SMILES string of the molecule is [O]C(CC1CC1(c1ccccc1)c1ccccc1)c1ccccc1. The van der Waals surface area contributed by atoms with Crippen molar-refractivity contribution in [2.75, 3.05) is 0 Å². The molecule has 2 unspecified atom stereocenters. The average molecular weight is 313 g/mol. The molecule has 3 aromatic carbocycles. The van der Waals surface area contributed by atoms with Crippen molar-refractivity contribution in [3.8, 4) is 0 Å². The summed E-state index contributed by atoms with van der Waals surface area (Å²) in [7, 11) is 0. The molecule has 1 nitrogen and oxygen atoms in total. The van der Waals surface area contributed by atoms with Crippen LogP contribution >= 0.6 is 0 Å². The third kappa shape index (κ3) is 2.65. The Balaban J connectivity index is 1.63. The molecule has 0 bridgehead atoms. The zero-order valence-corrected chi connectivity index (χ0v) is 13.6. The van der Waals surface area contributed by atoms with Crippen LogP contribution in [-0.2, 0) is 10.5 Å². The number of hydrogen-bond donors (Lipinski definition) is 0. The number of rotatable bonds is 5. The molecule has 1 fully saturated rings. The Hall–Kier alpha value is -2.38. The van der Waals surface area contributed by atoms with Crippen molar-refractivity contribution in [3.05, 3.63) is 108 Å². The summed E-state index contributed by atoms with van der Waals surface area (Å²) in [6.07, 6.45) is 1.10. The number of benzene rings is 3. The van der Waals surface area contributed by atoms with Gasteiger partial charge in [0.15, 0.2) is 0 Å². The maximum absolute atomic E-state index is 12.7. The molecule has 0 heterocycles. The second-order valence-electron chi connectivity index (χ2n) is 6.74. The summed E-state index contributed by atoms with van der Waals surface area (Å²) in [4.78, 5) is 0. The summed E-state index contributed by atoms with van der Waals surface area (Å²) >= 11 is 0. The van der Waals surface area contributed by atoms with Crippen LogP contribution in [0.25, 0.3) is 0 Å². The highest BCUT2D eigenvalue weighted by molar-refractivity contribution is 5.47. The molecule has 0 amide bonds. The molecule has 3 aromatic rings. The van der Waals surface area contributed by atoms with Gasteiger partial charge in [0.2, 0.25) is 0 Å². The Morgan fingerprint density at radius 2 is 1.21 bits per heavy atom. The summed E-state index contributed by atoms with van der Waals surface area (Å²) in [6, 6.07) is 31.1. The van der Waals surface area contributed by atoms with Crippen molar-refractivity contribution in [1.82, 2.24) is 0 Å². The van der Waals surface area contributed by atoms with Crippen LogP contribution in [0.3, 0.4) is 0 Å². The summed E-state index contributed by atoms with van der Waals surface area (Å²) < 4.78 is 0. The van der Waals surface area contributed by atoms with Gasteiger partial charge in [0, 0.05) is 5.41 Å². The van der Waals surface area contributed by atoms with E-state index < -0.39 is 6.10 Å². The van der Waals surface area contributed by atoms with Gasteiger partial charge in [-0.1, -0.05) is 91.0 Å². The van der Waals surface area contributed by atoms with Gasteiger partial charge < -0.3 is 0 Å². The van der Waals surface area contributed by atoms with Gasteiger partial charge in [-0.25, -0.2) is 5.11 Å². The lowest BCUT2D eigenvalue weighted by molar-refractivity contribution is 0.0744. The van der Waals surface area contributed by atoms with Crippen molar-refractivity contribution < 1.29 is 5.11 Å². The first-order valence-electron chi connectivity index (χ1n) is 8.62. The molecule has 1 saturated carbocycles.